The second-order valence-electron chi connectivity index (χ2n) is 24.4. The van der Waals surface area contributed by atoms with Crippen molar-refractivity contribution in [2.45, 2.75) is 0 Å². The molecule has 0 fully saturated rings. The predicted octanol–water partition coefficient (Wildman–Crippen LogP) is 22.4. The highest BCUT2D eigenvalue weighted by atomic mass is 15.0. The first kappa shape index (κ1) is 58.0. The van der Waals surface area contributed by atoms with E-state index in [0.29, 0.717) is 56.4 Å². The van der Waals surface area contributed by atoms with Crippen LogP contribution in [0.25, 0.3) is 167 Å². The van der Waals surface area contributed by atoms with Crippen molar-refractivity contribution in [2.24, 2.45) is 0 Å². The first-order chi connectivity index (χ1) is 48.4. The Morgan fingerprint density at radius 2 is 0.510 bits per heavy atom. The van der Waals surface area contributed by atoms with Gasteiger partial charge in [0.25, 0.3) is 0 Å². The van der Waals surface area contributed by atoms with Crippen molar-refractivity contribution in [3.8, 4) is 142 Å². The lowest BCUT2D eigenvalue weighted by Crippen LogP contribution is -2.04. The second kappa shape index (κ2) is 24.6. The van der Waals surface area contributed by atoms with Crippen LogP contribution in [0.15, 0.2) is 328 Å². The molecule has 3 aromatic heterocycles. The molecule has 0 atom stereocenters. The molecule has 0 amide bonds. The van der Waals surface area contributed by atoms with Crippen LogP contribution in [-0.4, -0.2) is 24.1 Å². The van der Waals surface area contributed by atoms with Crippen LogP contribution in [0.5, 0.6) is 0 Å². The smallest absolute Gasteiger partial charge is 0.164 e. The summed E-state index contributed by atoms with van der Waals surface area (Å²) in [5.41, 5.74) is 23.0. The summed E-state index contributed by atoms with van der Waals surface area (Å²) in [5.74, 6) is 1.13. The fourth-order valence-corrected chi connectivity index (χ4v) is 14.0. The Morgan fingerprint density at radius 1 is 0.214 bits per heavy atom. The Bertz CT molecular complexity index is 5610. The predicted molar refractivity (Wildman–Crippen MR) is 397 cm³/mol. The van der Waals surface area contributed by atoms with E-state index >= 15 is 0 Å². The lowest BCUT2D eigenvalue weighted by molar-refractivity contribution is 1.07. The first-order valence-electron chi connectivity index (χ1n) is 32.5. The number of nitrogens with zero attached hydrogens (tertiary/aromatic N) is 8. The van der Waals surface area contributed by atoms with Crippen LogP contribution in [0.2, 0.25) is 0 Å². The third kappa shape index (κ3) is 10.3. The maximum absolute atomic E-state index is 11.0. The molecule has 8 heteroatoms. The Labute approximate surface area is 566 Å². The minimum absolute atomic E-state index is 0.366. The van der Waals surface area contributed by atoms with Gasteiger partial charge in [0.05, 0.1) is 57.0 Å². The van der Waals surface area contributed by atoms with Crippen LogP contribution < -0.4 is 0 Å². The highest BCUT2D eigenvalue weighted by Crippen LogP contribution is 2.45. The molecule has 17 rings (SSSR count). The van der Waals surface area contributed by atoms with Gasteiger partial charge in [-0.2, -0.15) is 15.8 Å². The molecule has 98 heavy (non-hydrogen) atoms. The van der Waals surface area contributed by atoms with Crippen LogP contribution >= 0.6 is 0 Å². The molecule has 0 unspecified atom stereocenters. The Morgan fingerprint density at radius 3 is 0.847 bits per heavy atom. The van der Waals surface area contributed by atoms with Gasteiger partial charge in [0.2, 0.25) is 0 Å². The molecule has 8 nitrogen and oxygen atoms in total. The molecule has 0 N–H and O–H groups in total. The molecular formula is C90H54N8. The zero-order valence-electron chi connectivity index (χ0n) is 52.8. The monoisotopic (exact) mass is 1250 g/mol. The van der Waals surface area contributed by atoms with E-state index in [-0.39, 0.29) is 0 Å². The molecule has 3 heterocycles. The normalized spacial score (nSPS) is 11.2. The summed E-state index contributed by atoms with van der Waals surface area (Å²) in [6, 6.07) is 120. The van der Waals surface area contributed by atoms with Crippen molar-refractivity contribution < 1.29 is 0 Å². The largest absolute Gasteiger partial charge is 0.309 e. The Kier molecular flexibility index (Phi) is 14.5. The maximum Gasteiger partial charge on any atom is 0.164 e. The van der Waals surface area contributed by atoms with Gasteiger partial charge in [-0.3, -0.25) is 0 Å². The van der Waals surface area contributed by atoms with E-state index in [2.05, 4.69) is 234 Å². The highest BCUT2D eigenvalue weighted by Gasteiger charge is 2.25. The molecule has 454 valence electrons. The number of aromatic nitrogens is 5. The van der Waals surface area contributed by atoms with Gasteiger partial charge < -0.3 is 9.13 Å². The van der Waals surface area contributed by atoms with Gasteiger partial charge >= 0.3 is 0 Å². The van der Waals surface area contributed by atoms with E-state index < -0.39 is 0 Å². The van der Waals surface area contributed by atoms with Crippen molar-refractivity contribution in [1.29, 1.82) is 15.8 Å². The van der Waals surface area contributed by atoms with E-state index in [1.54, 1.807) is 0 Å². The SMILES string of the molecule is N#Cc1ccc(-c2ccccc2-c2nc(-c3ccc(-n4c5ccc(-c6ccccc6)cc5c5cc(-c6ccccc6)ccc54)cc3-c3ccccc3C#N)nc(-c3ccc(-n4c5ccc(-c6ccccc6)cc5c5cc(-c6ccccc6)ccc54)cc3-c3ccccc3C#N)n2)cc1. The molecule has 0 aliphatic rings. The molecule has 0 aliphatic carbocycles. The number of nitriles is 3. The topological polar surface area (TPSA) is 120 Å². The van der Waals surface area contributed by atoms with Crippen LogP contribution in [0.4, 0.5) is 0 Å². The minimum atomic E-state index is 0.366. The highest BCUT2D eigenvalue weighted by molar-refractivity contribution is 6.13. The molecule has 0 saturated heterocycles. The van der Waals surface area contributed by atoms with Gasteiger partial charge in [-0.15, -0.1) is 0 Å². The molecule has 0 spiro atoms. The van der Waals surface area contributed by atoms with E-state index in [0.717, 1.165) is 127 Å². The Balaban J connectivity index is 0.912. The van der Waals surface area contributed by atoms with Crippen molar-refractivity contribution in [2.75, 3.05) is 0 Å². The van der Waals surface area contributed by atoms with Crippen LogP contribution in [0.1, 0.15) is 16.7 Å². The number of fused-ring (bicyclic) bond motifs is 6. The third-order valence-corrected chi connectivity index (χ3v) is 18.8. The van der Waals surface area contributed by atoms with E-state index in [1.807, 2.05) is 121 Å². The quantitative estimate of drug-likeness (QED) is 0.120. The van der Waals surface area contributed by atoms with Gasteiger partial charge in [0.15, 0.2) is 17.5 Å². The molecule has 0 aliphatic heterocycles. The van der Waals surface area contributed by atoms with Crippen LogP contribution in [0.3, 0.4) is 0 Å². The maximum atomic E-state index is 11.0. The fourth-order valence-electron chi connectivity index (χ4n) is 14.0. The zero-order chi connectivity index (χ0) is 65.6. The third-order valence-electron chi connectivity index (χ3n) is 18.8. The summed E-state index contributed by atoms with van der Waals surface area (Å²) in [6.45, 7) is 0. The summed E-state index contributed by atoms with van der Waals surface area (Å²) < 4.78 is 4.63. The summed E-state index contributed by atoms with van der Waals surface area (Å²) in [6.07, 6.45) is 0. The summed E-state index contributed by atoms with van der Waals surface area (Å²) in [7, 11) is 0. The van der Waals surface area contributed by atoms with Gasteiger partial charge in [0, 0.05) is 60.7 Å². The molecule has 0 saturated carbocycles. The zero-order valence-corrected chi connectivity index (χ0v) is 52.8. The van der Waals surface area contributed by atoms with Crippen molar-refractivity contribution >= 4 is 43.6 Å². The Hall–Kier alpha value is -13.8. The van der Waals surface area contributed by atoms with Gasteiger partial charge in [-0.05, 0) is 176 Å². The average molecular weight is 1250 g/mol. The number of benzene rings is 14. The minimum Gasteiger partial charge on any atom is -0.309 e. The van der Waals surface area contributed by atoms with Gasteiger partial charge in [-0.25, -0.2) is 15.0 Å². The van der Waals surface area contributed by atoms with Gasteiger partial charge in [-0.1, -0.05) is 218 Å². The van der Waals surface area contributed by atoms with Crippen molar-refractivity contribution in [3.63, 3.8) is 0 Å². The summed E-state index contributed by atoms with van der Waals surface area (Å²) in [5, 5.41) is 36.4. The lowest BCUT2D eigenvalue weighted by atomic mass is 9.93. The fraction of sp³-hybridized carbons (Fsp3) is 0. The molecule has 0 radical (unpaired) electrons. The molecule has 14 aromatic carbocycles. The molecule has 0 bridgehead atoms. The lowest BCUT2D eigenvalue weighted by Gasteiger charge is -2.18. The second-order valence-corrected chi connectivity index (χ2v) is 24.4. The summed E-state index contributed by atoms with van der Waals surface area (Å²) in [4.78, 5) is 16.7. The number of rotatable bonds is 12. The van der Waals surface area contributed by atoms with E-state index in [1.165, 1.54) is 0 Å². The van der Waals surface area contributed by atoms with Gasteiger partial charge in [0.1, 0.15) is 0 Å². The average Bonchev–Trinajstić information content (AvgIpc) is 1.40. The standard InChI is InChI=1S/C90H54N8/c91-55-58-33-35-63(36-34-58)72-29-17-18-32-75(72)88-94-89(76-43-41-70(53-78(76)73-30-15-13-27-68(73)56-92)97-84-45-37-64(59-19-5-1-6-20-59)49-80(84)81-50-65(38-46-85(81)97)60-21-7-2-8-22-60)96-90(95-88)77-44-42-71(54-79(77)74-31-16-14-28-69(74)57-93)98-86-47-39-66(61-23-9-3-10-24-61)51-82(86)83-52-67(40-48-87(83)98)62-25-11-4-12-26-62/h1-54H. The van der Waals surface area contributed by atoms with Crippen LogP contribution in [0, 0.1) is 34.0 Å². The van der Waals surface area contributed by atoms with Crippen molar-refractivity contribution in [3.05, 3.63) is 344 Å². The number of hydrogen-bond acceptors (Lipinski definition) is 6. The summed E-state index contributed by atoms with van der Waals surface area (Å²) >= 11 is 0. The van der Waals surface area contributed by atoms with Crippen LogP contribution in [-0.2, 0) is 0 Å². The molecular weight excluding hydrogens is 1190 g/mol. The van der Waals surface area contributed by atoms with E-state index in [9.17, 15) is 15.8 Å². The van der Waals surface area contributed by atoms with E-state index in [4.69, 9.17) is 15.0 Å². The number of hydrogen-bond donors (Lipinski definition) is 0. The first-order valence-corrected chi connectivity index (χ1v) is 32.5. The molecule has 17 aromatic rings. The van der Waals surface area contributed by atoms with Crippen molar-refractivity contribution in [1.82, 2.24) is 24.1 Å².